The second-order valence-corrected chi connectivity index (χ2v) is 5.03. The summed E-state index contributed by atoms with van der Waals surface area (Å²) in [4.78, 5) is 1.94. The van der Waals surface area contributed by atoms with Gasteiger partial charge in [0.15, 0.2) is 11.6 Å². The molecule has 1 heterocycles. The molecule has 19 heavy (non-hydrogen) atoms. The Morgan fingerprint density at radius 1 is 1.47 bits per heavy atom. The molecule has 2 rings (SSSR count). The highest BCUT2D eigenvalue weighted by Gasteiger charge is 2.29. The van der Waals surface area contributed by atoms with Crippen LogP contribution in [-0.2, 0) is 4.74 Å². The van der Waals surface area contributed by atoms with Crippen molar-refractivity contribution in [3.05, 3.63) is 35.4 Å². The monoisotopic (exact) mass is 271 g/mol. The van der Waals surface area contributed by atoms with Gasteiger partial charge in [-0.2, -0.15) is 0 Å². The summed E-state index contributed by atoms with van der Waals surface area (Å²) in [7, 11) is 1.86. The second-order valence-electron chi connectivity index (χ2n) is 5.03. The van der Waals surface area contributed by atoms with Crippen LogP contribution < -0.4 is 0 Å². The Balaban J connectivity index is 2.04. The van der Waals surface area contributed by atoms with Crippen LogP contribution in [-0.4, -0.2) is 42.4 Å². The number of ether oxygens (including phenoxy) is 1. The largest absolute Gasteiger partial charge is 0.387 e. The summed E-state index contributed by atoms with van der Waals surface area (Å²) in [6, 6.07) is 4.05. The van der Waals surface area contributed by atoms with Crippen LogP contribution in [0.5, 0.6) is 0 Å². The van der Waals surface area contributed by atoms with Crippen LogP contribution in [0.3, 0.4) is 0 Å². The lowest BCUT2D eigenvalue weighted by molar-refractivity contribution is 0.0567. The average molecular weight is 271 g/mol. The first-order valence-electron chi connectivity index (χ1n) is 6.44. The van der Waals surface area contributed by atoms with Crippen LogP contribution in [0.15, 0.2) is 18.2 Å². The fourth-order valence-corrected chi connectivity index (χ4v) is 2.58. The first kappa shape index (κ1) is 14.4. The van der Waals surface area contributed by atoms with Gasteiger partial charge in [-0.15, -0.1) is 0 Å². The van der Waals surface area contributed by atoms with Gasteiger partial charge in [-0.25, -0.2) is 8.78 Å². The fraction of sp³-hybridized carbons (Fsp3) is 0.571. The van der Waals surface area contributed by atoms with E-state index in [1.54, 1.807) is 0 Å². The zero-order valence-corrected chi connectivity index (χ0v) is 11.1. The van der Waals surface area contributed by atoms with Crippen molar-refractivity contribution < 1.29 is 18.6 Å². The van der Waals surface area contributed by atoms with Crippen LogP contribution in [0.25, 0.3) is 0 Å². The zero-order valence-electron chi connectivity index (χ0n) is 11.1. The van der Waals surface area contributed by atoms with Crippen molar-refractivity contribution in [1.29, 1.82) is 0 Å². The molecular weight excluding hydrogens is 252 g/mol. The van der Waals surface area contributed by atoms with Crippen molar-refractivity contribution in [2.45, 2.75) is 31.6 Å². The minimum Gasteiger partial charge on any atom is -0.387 e. The molecule has 1 aliphatic heterocycles. The van der Waals surface area contributed by atoms with Crippen molar-refractivity contribution in [2.24, 2.45) is 0 Å². The van der Waals surface area contributed by atoms with Crippen LogP contribution >= 0.6 is 0 Å². The predicted octanol–water partition coefficient (Wildman–Crippen LogP) is 2.11. The molecule has 1 fully saturated rings. The van der Waals surface area contributed by atoms with Crippen molar-refractivity contribution >= 4 is 0 Å². The third kappa shape index (κ3) is 3.11. The molecule has 0 aromatic heterocycles. The maximum atomic E-state index is 13.6. The van der Waals surface area contributed by atoms with Gasteiger partial charge >= 0.3 is 0 Å². The third-order valence-electron chi connectivity index (χ3n) is 3.70. The first-order valence-corrected chi connectivity index (χ1v) is 6.44. The van der Waals surface area contributed by atoms with E-state index in [0.717, 1.165) is 12.5 Å². The number of aliphatic hydroxyl groups excluding tert-OH is 1. The topological polar surface area (TPSA) is 32.7 Å². The van der Waals surface area contributed by atoms with Crippen molar-refractivity contribution in [3.8, 4) is 0 Å². The van der Waals surface area contributed by atoms with Gasteiger partial charge < -0.3 is 9.84 Å². The molecule has 0 spiro atoms. The molecule has 3 unspecified atom stereocenters. The van der Waals surface area contributed by atoms with Crippen LogP contribution in [0.4, 0.5) is 8.78 Å². The van der Waals surface area contributed by atoms with Gasteiger partial charge in [-0.05, 0) is 26.5 Å². The average Bonchev–Trinajstić information content (AvgIpc) is 2.79. The molecule has 1 N–H and O–H groups in total. The highest BCUT2D eigenvalue weighted by atomic mass is 19.2. The minimum absolute atomic E-state index is 0.00146. The summed E-state index contributed by atoms with van der Waals surface area (Å²) in [6.07, 6.45) is -0.0706. The number of rotatable bonds is 4. The lowest BCUT2D eigenvalue weighted by Crippen LogP contribution is -2.39. The SMILES string of the molecule is CC1OCCC1N(C)CC(O)c1cccc(F)c1F. The van der Waals surface area contributed by atoms with Crippen LogP contribution in [0.1, 0.15) is 25.0 Å². The maximum absolute atomic E-state index is 13.6. The summed E-state index contributed by atoms with van der Waals surface area (Å²) >= 11 is 0. The van der Waals surface area contributed by atoms with E-state index in [-0.39, 0.29) is 24.3 Å². The van der Waals surface area contributed by atoms with Gasteiger partial charge in [0.05, 0.1) is 12.2 Å². The predicted molar refractivity (Wildman–Crippen MR) is 67.8 cm³/mol. The molecule has 0 saturated carbocycles. The van der Waals surface area contributed by atoms with E-state index >= 15 is 0 Å². The molecule has 0 radical (unpaired) electrons. The van der Waals surface area contributed by atoms with Crippen LogP contribution in [0, 0.1) is 11.6 Å². The number of benzene rings is 1. The second kappa shape index (κ2) is 5.94. The molecule has 1 aliphatic rings. The highest BCUT2D eigenvalue weighted by molar-refractivity contribution is 5.21. The maximum Gasteiger partial charge on any atom is 0.164 e. The summed E-state index contributed by atoms with van der Waals surface area (Å²) in [5, 5.41) is 10.1. The summed E-state index contributed by atoms with van der Waals surface area (Å²) in [5.41, 5.74) is -0.00146. The van der Waals surface area contributed by atoms with E-state index in [1.165, 1.54) is 12.1 Å². The lowest BCUT2D eigenvalue weighted by atomic mass is 10.1. The van der Waals surface area contributed by atoms with E-state index < -0.39 is 17.7 Å². The van der Waals surface area contributed by atoms with Gasteiger partial charge in [0, 0.05) is 24.8 Å². The van der Waals surface area contributed by atoms with Gasteiger partial charge in [-0.1, -0.05) is 12.1 Å². The molecular formula is C14H19F2NO2. The molecule has 0 aliphatic carbocycles. The summed E-state index contributed by atoms with van der Waals surface area (Å²) in [5.74, 6) is -1.91. The molecule has 3 nitrogen and oxygen atoms in total. The number of aliphatic hydroxyl groups is 1. The Hall–Kier alpha value is -1.04. The molecule has 0 amide bonds. The molecule has 1 aromatic rings. The van der Waals surface area contributed by atoms with E-state index in [9.17, 15) is 13.9 Å². The normalized spacial score (nSPS) is 24.9. The van der Waals surface area contributed by atoms with Gasteiger partial charge in [0.25, 0.3) is 0 Å². The Morgan fingerprint density at radius 2 is 2.21 bits per heavy atom. The van der Waals surface area contributed by atoms with Crippen molar-refractivity contribution in [3.63, 3.8) is 0 Å². The van der Waals surface area contributed by atoms with Gasteiger partial charge in [-0.3, -0.25) is 4.90 Å². The number of hydrogen-bond donors (Lipinski definition) is 1. The minimum atomic E-state index is -1.05. The van der Waals surface area contributed by atoms with E-state index in [1.807, 2.05) is 18.9 Å². The standard InChI is InChI=1S/C14H19F2NO2/c1-9-12(6-7-19-9)17(2)8-13(18)10-4-3-5-11(15)14(10)16/h3-5,9,12-13,18H,6-8H2,1-2H3. The van der Waals surface area contributed by atoms with Crippen molar-refractivity contribution in [2.75, 3.05) is 20.2 Å². The molecule has 5 heteroatoms. The lowest BCUT2D eigenvalue weighted by Gasteiger charge is -2.28. The number of nitrogens with zero attached hydrogens (tertiary/aromatic N) is 1. The quantitative estimate of drug-likeness (QED) is 0.910. The summed E-state index contributed by atoms with van der Waals surface area (Å²) in [6.45, 7) is 2.92. The van der Waals surface area contributed by atoms with Crippen molar-refractivity contribution in [1.82, 2.24) is 4.90 Å². The third-order valence-corrected chi connectivity index (χ3v) is 3.70. The molecule has 1 saturated heterocycles. The number of hydrogen-bond acceptors (Lipinski definition) is 3. The molecule has 0 bridgehead atoms. The van der Waals surface area contributed by atoms with Crippen LogP contribution in [0.2, 0.25) is 0 Å². The molecule has 106 valence electrons. The van der Waals surface area contributed by atoms with E-state index in [2.05, 4.69) is 0 Å². The Morgan fingerprint density at radius 3 is 2.84 bits per heavy atom. The van der Waals surface area contributed by atoms with Gasteiger partial charge in [0.1, 0.15) is 0 Å². The smallest absolute Gasteiger partial charge is 0.164 e. The van der Waals surface area contributed by atoms with E-state index in [4.69, 9.17) is 4.74 Å². The Bertz CT molecular complexity index is 441. The van der Waals surface area contributed by atoms with Gasteiger partial charge in [0.2, 0.25) is 0 Å². The number of likely N-dealkylation sites (N-methyl/N-ethyl adjacent to an activating group) is 1. The number of halogens is 2. The molecule has 1 aromatic carbocycles. The Labute approximate surface area is 111 Å². The zero-order chi connectivity index (χ0) is 14.0. The summed E-state index contributed by atoms with van der Waals surface area (Å²) < 4.78 is 32.2. The molecule has 3 atom stereocenters. The Kier molecular flexibility index (Phi) is 4.50. The fourth-order valence-electron chi connectivity index (χ4n) is 2.58. The highest BCUT2D eigenvalue weighted by Crippen LogP contribution is 2.23. The first-order chi connectivity index (χ1) is 9.00. The van der Waals surface area contributed by atoms with E-state index in [0.29, 0.717) is 6.61 Å².